The highest BCUT2D eigenvalue weighted by Crippen LogP contribution is 2.28. The summed E-state index contributed by atoms with van der Waals surface area (Å²) in [7, 11) is 1.68. The maximum absolute atomic E-state index is 12.2. The van der Waals surface area contributed by atoms with E-state index in [2.05, 4.69) is 4.98 Å². The van der Waals surface area contributed by atoms with Crippen molar-refractivity contribution in [1.29, 1.82) is 0 Å². The fourth-order valence-corrected chi connectivity index (χ4v) is 2.22. The van der Waals surface area contributed by atoms with Crippen LogP contribution >= 0.6 is 11.6 Å². The van der Waals surface area contributed by atoms with Gasteiger partial charge in [0.15, 0.2) is 0 Å². The first-order valence-corrected chi connectivity index (χ1v) is 6.42. The number of pyridine rings is 1. The summed E-state index contributed by atoms with van der Waals surface area (Å²) in [4.78, 5) is 27.5. The van der Waals surface area contributed by atoms with Crippen molar-refractivity contribution >= 4 is 23.2 Å². The fourth-order valence-electron chi connectivity index (χ4n) is 2.04. The lowest BCUT2D eigenvalue weighted by molar-refractivity contribution is -0.385. The molecule has 102 valence electrons. The van der Waals surface area contributed by atoms with E-state index in [0.717, 1.165) is 19.0 Å². The predicted molar refractivity (Wildman–Crippen MR) is 70.2 cm³/mol. The largest absolute Gasteiger partial charge is 0.341 e. The summed E-state index contributed by atoms with van der Waals surface area (Å²) in [5.74, 6) is 0.201. The molecule has 0 atom stereocenters. The molecule has 0 aromatic carbocycles. The zero-order chi connectivity index (χ0) is 14.0. The standard InChI is InChI=1S/C12H14ClN3O3/c1-15(7-8-3-2-4-8)12(17)10-5-9(16(18)19)6-14-11(10)13/h5-6,8H,2-4,7H2,1H3. The summed E-state index contributed by atoms with van der Waals surface area (Å²) in [5, 5.41) is 10.7. The number of amides is 1. The number of nitro groups is 1. The van der Waals surface area contributed by atoms with Crippen molar-refractivity contribution < 1.29 is 9.72 Å². The van der Waals surface area contributed by atoms with Crippen molar-refractivity contribution in [2.45, 2.75) is 19.3 Å². The molecule has 1 amide bonds. The molecule has 1 saturated carbocycles. The molecule has 0 bridgehead atoms. The molecule has 0 saturated heterocycles. The minimum atomic E-state index is -0.591. The van der Waals surface area contributed by atoms with Gasteiger partial charge in [-0.05, 0) is 18.8 Å². The van der Waals surface area contributed by atoms with Gasteiger partial charge >= 0.3 is 0 Å². The molecule has 1 aromatic heterocycles. The molecule has 0 N–H and O–H groups in total. The topological polar surface area (TPSA) is 76.3 Å². The van der Waals surface area contributed by atoms with Crippen LogP contribution in [0, 0.1) is 16.0 Å². The Hall–Kier alpha value is -1.69. The summed E-state index contributed by atoms with van der Waals surface area (Å²) < 4.78 is 0. The molecule has 1 aliphatic rings. The van der Waals surface area contributed by atoms with Gasteiger partial charge in [-0.2, -0.15) is 0 Å². The Kier molecular flexibility index (Phi) is 3.99. The molecule has 0 radical (unpaired) electrons. The number of halogens is 1. The van der Waals surface area contributed by atoms with E-state index in [1.807, 2.05) is 0 Å². The molecule has 2 rings (SSSR count). The Morgan fingerprint density at radius 3 is 2.84 bits per heavy atom. The molecule has 7 heteroatoms. The summed E-state index contributed by atoms with van der Waals surface area (Å²) in [6.45, 7) is 0.651. The second-order valence-electron chi connectivity index (χ2n) is 4.77. The smallest absolute Gasteiger partial charge is 0.288 e. The van der Waals surface area contributed by atoms with Gasteiger partial charge < -0.3 is 4.90 Å². The Morgan fingerprint density at radius 1 is 1.63 bits per heavy atom. The first kappa shape index (κ1) is 13.7. The minimum Gasteiger partial charge on any atom is -0.341 e. The molecule has 1 aromatic rings. The molecule has 19 heavy (non-hydrogen) atoms. The van der Waals surface area contributed by atoms with Gasteiger partial charge in [-0.25, -0.2) is 4.98 Å². The maximum Gasteiger partial charge on any atom is 0.288 e. The van der Waals surface area contributed by atoms with Crippen LogP contribution in [-0.2, 0) is 0 Å². The molecule has 0 unspecified atom stereocenters. The highest BCUT2D eigenvalue weighted by Gasteiger charge is 2.24. The summed E-state index contributed by atoms with van der Waals surface area (Å²) in [5.41, 5.74) is -0.150. The molecule has 6 nitrogen and oxygen atoms in total. The van der Waals surface area contributed by atoms with Crippen molar-refractivity contribution in [3.05, 3.63) is 33.1 Å². The number of hydrogen-bond acceptors (Lipinski definition) is 4. The highest BCUT2D eigenvalue weighted by molar-refractivity contribution is 6.32. The van der Waals surface area contributed by atoms with Crippen LogP contribution in [0.25, 0.3) is 0 Å². The molecular formula is C12H14ClN3O3. The first-order chi connectivity index (χ1) is 8.99. The zero-order valence-electron chi connectivity index (χ0n) is 10.5. The second kappa shape index (κ2) is 5.52. The van der Waals surface area contributed by atoms with E-state index in [-0.39, 0.29) is 22.3 Å². The number of carbonyl (C=O) groups is 1. The average molecular weight is 284 g/mol. The summed E-state index contributed by atoms with van der Waals surface area (Å²) >= 11 is 5.84. The van der Waals surface area contributed by atoms with Crippen molar-refractivity contribution in [1.82, 2.24) is 9.88 Å². The van der Waals surface area contributed by atoms with E-state index in [1.165, 1.54) is 12.5 Å². The maximum atomic E-state index is 12.2. The van der Waals surface area contributed by atoms with Gasteiger partial charge in [0.1, 0.15) is 11.3 Å². The summed E-state index contributed by atoms with van der Waals surface area (Å²) in [6.07, 6.45) is 4.49. The average Bonchev–Trinajstić information content (AvgIpc) is 2.33. The molecule has 1 aliphatic carbocycles. The normalized spacial score (nSPS) is 14.8. The van der Waals surface area contributed by atoms with Gasteiger partial charge in [0.05, 0.1) is 10.5 Å². The van der Waals surface area contributed by atoms with Gasteiger partial charge in [-0.15, -0.1) is 0 Å². The third-order valence-electron chi connectivity index (χ3n) is 3.37. The van der Waals surface area contributed by atoms with Crippen LogP contribution in [-0.4, -0.2) is 34.3 Å². The van der Waals surface area contributed by atoms with E-state index in [9.17, 15) is 14.9 Å². The Morgan fingerprint density at radius 2 is 2.32 bits per heavy atom. The molecule has 0 spiro atoms. The molecular weight excluding hydrogens is 270 g/mol. The molecule has 1 heterocycles. The van der Waals surface area contributed by atoms with Gasteiger partial charge in [-0.1, -0.05) is 18.0 Å². The number of aromatic nitrogens is 1. The van der Waals surface area contributed by atoms with Crippen LogP contribution in [0.2, 0.25) is 5.15 Å². The van der Waals surface area contributed by atoms with Gasteiger partial charge in [0.25, 0.3) is 11.6 Å². The van der Waals surface area contributed by atoms with Crippen LogP contribution in [0.3, 0.4) is 0 Å². The lowest BCUT2D eigenvalue weighted by Crippen LogP contribution is -2.34. The van der Waals surface area contributed by atoms with Gasteiger partial charge in [0, 0.05) is 19.7 Å². The number of rotatable bonds is 4. The Balaban J connectivity index is 2.16. The summed E-state index contributed by atoms with van der Waals surface area (Å²) in [6, 6.07) is 1.18. The molecule has 1 fully saturated rings. The SMILES string of the molecule is CN(CC1CCC1)C(=O)c1cc([N+](=O)[O-])cnc1Cl. The number of carbonyl (C=O) groups excluding carboxylic acids is 1. The molecule has 0 aliphatic heterocycles. The Bertz CT molecular complexity index is 517. The Labute approximate surface area is 115 Å². The van der Waals surface area contributed by atoms with E-state index >= 15 is 0 Å². The third kappa shape index (κ3) is 3.01. The van der Waals surface area contributed by atoms with Crippen molar-refractivity contribution in [3.8, 4) is 0 Å². The van der Waals surface area contributed by atoms with Crippen molar-refractivity contribution in [3.63, 3.8) is 0 Å². The first-order valence-electron chi connectivity index (χ1n) is 6.04. The lowest BCUT2D eigenvalue weighted by atomic mass is 9.85. The van der Waals surface area contributed by atoms with Gasteiger partial charge in [-0.3, -0.25) is 14.9 Å². The van der Waals surface area contributed by atoms with Crippen LogP contribution in [0.15, 0.2) is 12.3 Å². The van der Waals surface area contributed by atoms with E-state index in [0.29, 0.717) is 12.5 Å². The number of hydrogen-bond donors (Lipinski definition) is 0. The van der Waals surface area contributed by atoms with E-state index < -0.39 is 4.92 Å². The van der Waals surface area contributed by atoms with Gasteiger partial charge in [0.2, 0.25) is 0 Å². The highest BCUT2D eigenvalue weighted by atomic mass is 35.5. The number of nitrogens with zero attached hydrogens (tertiary/aromatic N) is 3. The van der Waals surface area contributed by atoms with Crippen molar-refractivity contribution in [2.24, 2.45) is 5.92 Å². The van der Waals surface area contributed by atoms with Crippen LogP contribution in [0.4, 0.5) is 5.69 Å². The zero-order valence-corrected chi connectivity index (χ0v) is 11.3. The monoisotopic (exact) mass is 283 g/mol. The van der Waals surface area contributed by atoms with E-state index in [4.69, 9.17) is 11.6 Å². The second-order valence-corrected chi connectivity index (χ2v) is 5.13. The van der Waals surface area contributed by atoms with Crippen LogP contribution in [0.5, 0.6) is 0 Å². The van der Waals surface area contributed by atoms with Crippen molar-refractivity contribution in [2.75, 3.05) is 13.6 Å². The van der Waals surface area contributed by atoms with Crippen LogP contribution < -0.4 is 0 Å². The minimum absolute atomic E-state index is 0.00365. The fraction of sp³-hybridized carbons (Fsp3) is 0.500. The third-order valence-corrected chi connectivity index (χ3v) is 3.67. The lowest BCUT2D eigenvalue weighted by Gasteiger charge is -2.30. The predicted octanol–water partition coefficient (Wildman–Crippen LogP) is 2.52. The van der Waals surface area contributed by atoms with E-state index in [1.54, 1.807) is 11.9 Å². The quantitative estimate of drug-likeness (QED) is 0.483. The van der Waals surface area contributed by atoms with Crippen LogP contribution in [0.1, 0.15) is 29.6 Å².